The van der Waals surface area contributed by atoms with Crippen molar-refractivity contribution in [2.75, 3.05) is 7.05 Å². The van der Waals surface area contributed by atoms with E-state index in [0.717, 1.165) is 47.7 Å². The average Bonchev–Trinajstić information content (AvgIpc) is 3.12. The van der Waals surface area contributed by atoms with Crippen molar-refractivity contribution in [2.45, 2.75) is 32.4 Å². The molecular formula is C27H24F3NOS. The number of Topliss-reactive ketones (excluding diaryl/α,β-unsaturated/α-hetero) is 1. The van der Waals surface area contributed by atoms with Crippen LogP contribution >= 0.6 is 11.8 Å². The van der Waals surface area contributed by atoms with E-state index >= 15 is 0 Å². The third-order valence-electron chi connectivity index (χ3n) is 5.65. The summed E-state index contributed by atoms with van der Waals surface area (Å²) < 4.78 is 39.7. The van der Waals surface area contributed by atoms with Crippen LogP contribution in [0.4, 0.5) is 13.2 Å². The highest BCUT2D eigenvalue weighted by Gasteiger charge is 2.34. The Hall–Kier alpha value is -2.99. The molecule has 1 N–H and O–H groups in total. The molecule has 0 spiro atoms. The second-order valence-corrected chi connectivity index (χ2v) is 9.03. The van der Waals surface area contributed by atoms with Crippen molar-refractivity contribution in [3.8, 4) is 0 Å². The second kappa shape index (κ2) is 9.48. The predicted octanol–water partition coefficient (Wildman–Crippen LogP) is 7.45. The lowest BCUT2D eigenvalue weighted by Crippen LogP contribution is -2.08. The van der Waals surface area contributed by atoms with Crippen molar-refractivity contribution in [1.29, 1.82) is 0 Å². The van der Waals surface area contributed by atoms with Crippen LogP contribution in [0.3, 0.4) is 0 Å². The van der Waals surface area contributed by atoms with Gasteiger partial charge in [-0.15, -0.1) is 0 Å². The summed E-state index contributed by atoms with van der Waals surface area (Å²) in [5.74, 6) is -0.272. The van der Waals surface area contributed by atoms with Gasteiger partial charge in [0.05, 0.1) is 21.1 Å². The molecule has 170 valence electrons. The minimum atomic E-state index is -4.47. The number of alkyl halides is 3. The summed E-state index contributed by atoms with van der Waals surface area (Å²) >= 11 is 1.26. The summed E-state index contributed by atoms with van der Waals surface area (Å²) in [4.78, 5) is 13.9. The van der Waals surface area contributed by atoms with E-state index in [1.807, 2.05) is 24.3 Å². The Morgan fingerprint density at radius 2 is 1.82 bits per heavy atom. The van der Waals surface area contributed by atoms with Crippen LogP contribution in [0.25, 0.3) is 22.4 Å². The lowest BCUT2D eigenvalue weighted by molar-refractivity contribution is -0.137. The molecule has 0 aromatic heterocycles. The number of unbranched alkanes of at least 4 members (excludes halogenated alkanes) is 1. The van der Waals surface area contributed by atoms with Crippen LogP contribution < -0.4 is 5.32 Å². The maximum absolute atomic E-state index is 13.4. The van der Waals surface area contributed by atoms with E-state index in [-0.39, 0.29) is 16.9 Å². The molecule has 33 heavy (non-hydrogen) atoms. The summed E-state index contributed by atoms with van der Waals surface area (Å²) in [6, 6.07) is 17.3. The fourth-order valence-electron chi connectivity index (χ4n) is 4.01. The quantitative estimate of drug-likeness (QED) is 0.382. The number of benzene rings is 3. The number of allylic oxidation sites excluding steroid dienone is 2. The van der Waals surface area contributed by atoms with E-state index in [4.69, 9.17) is 0 Å². The van der Waals surface area contributed by atoms with Crippen molar-refractivity contribution in [3.63, 3.8) is 0 Å². The van der Waals surface area contributed by atoms with E-state index in [2.05, 4.69) is 30.4 Å². The average molecular weight is 468 g/mol. The third kappa shape index (κ3) is 4.86. The number of hydrogen-bond donors (Lipinski definition) is 1. The number of thioether (sulfide) groups is 1. The fraction of sp³-hybridized carbons (Fsp3) is 0.222. The van der Waals surface area contributed by atoms with Gasteiger partial charge in [0.2, 0.25) is 5.78 Å². The maximum Gasteiger partial charge on any atom is 0.416 e. The van der Waals surface area contributed by atoms with Crippen LogP contribution in [0.15, 0.2) is 70.6 Å². The summed E-state index contributed by atoms with van der Waals surface area (Å²) in [6.45, 7) is 2.15. The molecule has 0 saturated heterocycles. The van der Waals surface area contributed by atoms with Crippen LogP contribution in [0, 0.1) is 0 Å². The minimum absolute atomic E-state index is 0.261. The van der Waals surface area contributed by atoms with Crippen LogP contribution in [-0.4, -0.2) is 12.8 Å². The minimum Gasteiger partial charge on any atom is -0.382 e. The van der Waals surface area contributed by atoms with Gasteiger partial charge in [-0.25, -0.2) is 0 Å². The molecule has 4 rings (SSSR count). The van der Waals surface area contributed by atoms with Gasteiger partial charge in [0, 0.05) is 7.05 Å². The largest absolute Gasteiger partial charge is 0.416 e. The smallest absolute Gasteiger partial charge is 0.382 e. The van der Waals surface area contributed by atoms with Gasteiger partial charge in [0.25, 0.3) is 0 Å². The molecule has 1 aliphatic rings. The summed E-state index contributed by atoms with van der Waals surface area (Å²) in [7, 11) is 1.67. The molecule has 1 aliphatic heterocycles. The van der Waals surface area contributed by atoms with Crippen molar-refractivity contribution in [1.82, 2.24) is 5.32 Å². The van der Waals surface area contributed by atoms with Gasteiger partial charge < -0.3 is 5.32 Å². The molecule has 0 aliphatic carbocycles. The van der Waals surface area contributed by atoms with Crippen LogP contribution in [0.2, 0.25) is 0 Å². The molecule has 3 aromatic carbocycles. The van der Waals surface area contributed by atoms with Crippen molar-refractivity contribution >= 4 is 40.0 Å². The lowest BCUT2D eigenvalue weighted by Gasteiger charge is -2.10. The molecule has 2 nitrogen and oxygen atoms in total. The predicted molar refractivity (Wildman–Crippen MR) is 131 cm³/mol. The Bertz CT molecular complexity index is 1270. The number of halogens is 3. The van der Waals surface area contributed by atoms with Crippen molar-refractivity contribution in [2.24, 2.45) is 0 Å². The van der Waals surface area contributed by atoms with Gasteiger partial charge in [-0.2, -0.15) is 13.2 Å². The Kier molecular flexibility index (Phi) is 6.66. The Morgan fingerprint density at radius 3 is 2.55 bits per heavy atom. The zero-order chi connectivity index (χ0) is 23.6. The lowest BCUT2D eigenvalue weighted by atomic mass is 9.96. The van der Waals surface area contributed by atoms with Gasteiger partial charge in [0.15, 0.2) is 0 Å². The highest BCUT2D eigenvalue weighted by Crippen LogP contribution is 2.43. The Morgan fingerprint density at radius 1 is 1.03 bits per heavy atom. The third-order valence-corrected chi connectivity index (χ3v) is 6.79. The number of nitrogens with one attached hydrogen (secondary N) is 1. The first-order valence-electron chi connectivity index (χ1n) is 10.9. The van der Waals surface area contributed by atoms with E-state index in [1.54, 1.807) is 13.1 Å². The van der Waals surface area contributed by atoms with Crippen molar-refractivity contribution < 1.29 is 18.0 Å². The summed E-state index contributed by atoms with van der Waals surface area (Å²) in [6.07, 6.45) is 0.513. The molecule has 1 heterocycles. The molecule has 0 fully saturated rings. The molecule has 0 radical (unpaired) electrons. The fourth-order valence-corrected chi connectivity index (χ4v) is 5.02. The topological polar surface area (TPSA) is 29.1 Å². The summed E-state index contributed by atoms with van der Waals surface area (Å²) in [5.41, 5.74) is 1.91. The molecule has 0 amide bonds. The van der Waals surface area contributed by atoms with E-state index in [9.17, 15) is 18.0 Å². The van der Waals surface area contributed by atoms with Crippen LogP contribution in [0.5, 0.6) is 0 Å². The Balaban J connectivity index is 1.76. The second-order valence-electron chi connectivity index (χ2n) is 7.98. The van der Waals surface area contributed by atoms with Gasteiger partial charge >= 0.3 is 6.18 Å². The van der Waals surface area contributed by atoms with E-state index < -0.39 is 11.7 Å². The zero-order valence-corrected chi connectivity index (χ0v) is 19.2. The van der Waals surface area contributed by atoms with E-state index in [0.29, 0.717) is 9.93 Å². The van der Waals surface area contributed by atoms with Crippen LogP contribution in [-0.2, 0) is 17.4 Å². The Labute approximate surface area is 195 Å². The molecule has 0 unspecified atom stereocenters. The molecule has 6 heteroatoms. The van der Waals surface area contributed by atoms with Crippen LogP contribution in [0.1, 0.15) is 42.0 Å². The standard InChI is InChI=1S/C27H24F3NOS/c1-3-4-8-17-13-18-9-5-6-12-22(18)20(14-17)16-23-25(32)24(26(31-2)33-23)19-10-7-11-21(15-19)27(28,29)30/h5-7,9-16,31H,3-4,8H2,1-2H3/b23-16+. The van der Waals surface area contributed by atoms with Gasteiger partial charge in [-0.1, -0.05) is 73.6 Å². The summed E-state index contributed by atoms with van der Waals surface area (Å²) in [5, 5.41) is 5.69. The first kappa shape index (κ1) is 23.2. The molecule has 0 atom stereocenters. The molecule has 3 aromatic rings. The maximum atomic E-state index is 13.4. The molecular weight excluding hydrogens is 443 g/mol. The van der Waals surface area contributed by atoms with Crippen molar-refractivity contribution in [3.05, 3.63) is 92.9 Å². The van der Waals surface area contributed by atoms with E-state index in [1.165, 1.54) is 23.4 Å². The normalized spacial score (nSPS) is 15.7. The number of fused-ring (bicyclic) bond motifs is 1. The number of hydrogen-bond acceptors (Lipinski definition) is 3. The number of carbonyl (C=O) groups excluding carboxylic acids is 1. The van der Waals surface area contributed by atoms with Gasteiger partial charge in [0.1, 0.15) is 0 Å². The number of ketones is 1. The number of rotatable bonds is 6. The van der Waals surface area contributed by atoms with Gasteiger partial charge in [-0.05, 0) is 58.5 Å². The highest BCUT2D eigenvalue weighted by molar-refractivity contribution is 8.08. The highest BCUT2D eigenvalue weighted by atomic mass is 32.2. The van der Waals surface area contributed by atoms with Gasteiger partial charge in [-0.3, -0.25) is 4.79 Å². The zero-order valence-electron chi connectivity index (χ0n) is 18.4. The first-order valence-corrected chi connectivity index (χ1v) is 11.7. The molecule has 0 saturated carbocycles. The first-order chi connectivity index (χ1) is 15.8. The monoisotopic (exact) mass is 467 g/mol. The SMILES string of the molecule is CCCCc1cc(/C=C2/SC(NC)=C(c3cccc(C(F)(F)F)c3)C2=O)c2ccccc2c1. The molecule has 0 bridgehead atoms. The number of carbonyl (C=O) groups is 1. The number of aryl methyl sites for hydroxylation is 1.